The Morgan fingerprint density at radius 3 is 1.19 bits per heavy atom. The molecule has 0 fully saturated rings. The first-order valence-corrected chi connectivity index (χ1v) is 6.76. The molecular formula is C14H22FeO6. The standard InChI is InChI=1S/2C7H12O3.Fe/c2*1-2-3-4-6(8)5-7(9)10;/h2*2-5H2,1H3,(H,9,10);/q;;+2/p-2. The van der Waals surface area contributed by atoms with Crippen molar-refractivity contribution < 1.29 is 46.5 Å². The van der Waals surface area contributed by atoms with Crippen molar-refractivity contribution in [2.45, 2.75) is 65.2 Å². The topological polar surface area (TPSA) is 114 Å². The van der Waals surface area contributed by atoms with Gasteiger partial charge in [-0.05, 0) is 12.8 Å². The van der Waals surface area contributed by atoms with E-state index in [0.29, 0.717) is 12.8 Å². The van der Waals surface area contributed by atoms with E-state index in [1.165, 1.54) is 0 Å². The number of hydrogen-bond acceptors (Lipinski definition) is 6. The van der Waals surface area contributed by atoms with Crippen LogP contribution in [-0.4, -0.2) is 23.5 Å². The summed E-state index contributed by atoms with van der Waals surface area (Å²) in [7, 11) is 0. The maximum Gasteiger partial charge on any atom is 2.00 e. The van der Waals surface area contributed by atoms with Crippen molar-refractivity contribution in [3.63, 3.8) is 0 Å². The van der Waals surface area contributed by atoms with Crippen LogP contribution in [0.1, 0.15) is 65.2 Å². The molecule has 0 aliphatic carbocycles. The predicted molar refractivity (Wildman–Crippen MR) is 68.3 cm³/mol. The maximum absolute atomic E-state index is 10.6. The maximum atomic E-state index is 10.6. The molecule has 0 spiro atoms. The van der Waals surface area contributed by atoms with E-state index >= 15 is 0 Å². The fourth-order valence-electron chi connectivity index (χ4n) is 1.25. The number of carbonyl (C=O) groups excluding carboxylic acids is 4. The molecule has 0 saturated carbocycles. The zero-order valence-corrected chi connectivity index (χ0v) is 13.6. The van der Waals surface area contributed by atoms with Gasteiger partial charge in [-0.1, -0.05) is 26.7 Å². The van der Waals surface area contributed by atoms with Crippen LogP contribution in [0.25, 0.3) is 0 Å². The van der Waals surface area contributed by atoms with Gasteiger partial charge in [0, 0.05) is 37.6 Å². The minimum absolute atomic E-state index is 0. The van der Waals surface area contributed by atoms with E-state index in [2.05, 4.69) is 0 Å². The van der Waals surface area contributed by atoms with Crippen molar-refractivity contribution in [3.05, 3.63) is 0 Å². The van der Waals surface area contributed by atoms with Crippen LogP contribution in [0.2, 0.25) is 0 Å². The van der Waals surface area contributed by atoms with E-state index in [1.54, 1.807) is 0 Å². The Labute approximate surface area is 135 Å². The van der Waals surface area contributed by atoms with Gasteiger partial charge >= 0.3 is 17.1 Å². The minimum atomic E-state index is -1.28. The molecule has 0 rings (SSSR count). The van der Waals surface area contributed by atoms with Crippen LogP contribution in [0.5, 0.6) is 0 Å². The van der Waals surface area contributed by atoms with E-state index in [1.807, 2.05) is 13.8 Å². The third-order valence-corrected chi connectivity index (χ3v) is 2.30. The first kappa shape index (κ1) is 24.8. The fraction of sp³-hybridized carbons (Fsp3) is 0.714. The van der Waals surface area contributed by atoms with Crippen LogP contribution in [0.15, 0.2) is 0 Å². The van der Waals surface area contributed by atoms with Crippen LogP contribution in [0, 0.1) is 0 Å². The second kappa shape index (κ2) is 16.9. The van der Waals surface area contributed by atoms with Crippen LogP contribution in [0.3, 0.4) is 0 Å². The monoisotopic (exact) mass is 342 g/mol. The van der Waals surface area contributed by atoms with Crippen molar-refractivity contribution in [1.82, 2.24) is 0 Å². The Hall–Kier alpha value is -1.20. The first-order chi connectivity index (χ1) is 9.33. The van der Waals surface area contributed by atoms with Crippen LogP contribution in [-0.2, 0) is 36.2 Å². The van der Waals surface area contributed by atoms with Crippen molar-refractivity contribution >= 4 is 23.5 Å². The summed E-state index contributed by atoms with van der Waals surface area (Å²) in [4.78, 5) is 40.9. The van der Waals surface area contributed by atoms with E-state index in [4.69, 9.17) is 0 Å². The molecule has 0 radical (unpaired) electrons. The third-order valence-electron chi connectivity index (χ3n) is 2.30. The molecule has 0 aromatic heterocycles. The SMILES string of the molecule is CCCCC(=O)CC(=O)[O-].CCCCC(=O)CC(=O)[O-].[Fe+2]. The average molecular weight is 342 g/mol. The molecule has 0 unspecified atom stereocenters. The van der Waals surface area contributed by atoms with E-state index in [9.17, 15) is 29.4 Å². The van der Waals surface area contributed by atoms with Crippen molar-refractivity contribution in [1.29, 1.82) is 0 Å². The summed E-state index contributed by atoms with van der Waals surface area (Å²) in [5, 5.41) is 19.7. The van der Waals surface area contributed by atoms with Crippen molar-refractivity contribution in [2.24, 2.45) is 0 Å². The van der Waals surface area contributed by atoms with E-state index < -0.39 is 24.8 Å². The predicted octanol–water partition coefficient (Wildman–Crippen LogP) is -0.231. The zero-order valence-electron chi connectivity index (χ0n) is 12.5. The summed E-state index contributed by atoms with van der Waals surface area (Å²) in [5.74, 6) is -3.02. The molecule has 21 heavy (non-hydrogen) atoms. The summed E-state index contributed by atoms with van der Waals surface area (Å²) in [6.45, 7) is 3.90. The number of carbonyl (C=O) groups is 4. The molecular weight excluding hydrogens is 320 g/mol. The third kappa shape index (κ3) is 24.2. The molecule has 0 bridgehead atoms. The molecule has 0 aliphatic heterocycles. The molecule has 0 saturated heterocycles. The van der Waals surface area contributed by atoms with Gasteiger partial charge in [-0.15, -0.1) is 0 Å². The molecule has 122 valence electrons. The number of rotatable bonds is 10. The summed E-state index contributed by atoms with van der Waals surface area (Å²) >= 11 is 0. The molecule has 0 aromatic rings. The van der Waals surface area contributed by atoms with Crippen molar-refractivity contribution in [3.8, 4) is 0 Å². The number of hydrogen-bond donors (Lipinski definition) is 0. The molecule has 6 nitrogen and oxygen atoms in total. The van der Waals surface area contributed by atoms with Gasteiger partial charge in [0.05, 0.1) is 0 Å². The Balaban J connectivity index is -0.000000295. The summed E-state index contributed by atoms with van der Waals surface area (Å²) in [6, 6.07) is 0. The Kier molecular flexibility index (Phi) is 19.9. The minimum Gasteiger partial charge on any atom is -0.550 e. The van der Waals surface area contributed by atoms with Crippen LogP contribution >= 0.6 is 0 Å². The number of unbranched alkanes of at least 4 members (excludes halogenated alkanes) is 2. The van der Waals surface area contributed by atoms with Gasteiger partial charge in [0.25, 0.3) is 0 Å². The second-order valence-electron chi connectivity index (χ2n) is 4.38. The van der Waals surface area contributed by atoms with E-state index in [0.717, 1.165) is 25.7 Å². The zero-order chi connectivity index (χ0) is 16.0. The number of carboxylic acid groups (broad SMARTS) is 2. The Morgan fingerprint density at radius 1 is 0.714 bits per heavy atom. The van der Waals surface area contributed by atoms with Crippen molar-refractivity contribution in [2.75, 3.05) is 0 Å². The number of aliphatic carboxylic acids is 2. The molecule has 0 amide bonds. The molecule has 0 atom stereocenters. The second-order valence-corrected chi connectivity index (χ2v) is 4.38. The van der Waals surface area contributed by atoms with Crippen LogP contribution in [0.4, 0.5) is 0 Å². The quantitative estimate of drug-likeness (QED) is 0.400. The largest absolute Gasteiger partial charge is 2.00 e. The molecule has 7 heteroatoms. The summed E-state index contributed by atoms with van der Waals surface area (Å²) in [5.41, 5.74) is 0. The fourth-order valence-corrected chi connectivity index (χ4v) is 1.25. The Bertz CT molecular complexity index is 295. The van der Waals surface area contributed by atoms with Gasteiger partial charge in [0.2, 0.25) is 0 Å². The number of carboxylic acids is 2. The van der Waals surface area contributed by atoms with Crippen LogP contribution < -0.4 is 10.2 Å². The van der Waals surface area contributed by atoms with Gasteiger partial charge in [-0.3, -0.25) is 9.59 Å². The normalized spacial score (nSPS) is 8.86. The van der Waals surface area contributed by atoms with Gasteiger partial charge in [0.1, 0.15) is 11.6 Å². The summed E-state index contributed by atoms with van der Waals surface area (Å²) in [6.07, 6.45) is 3.24. The van der Waals surface area contributed by atoms with Gasteiger partial charge < -0.3 is 19.8 Å². The van der Waals surface area contributed by atoms with E-state index in [-0.39, 0.29) is 28.6 Å². The van der Waals surface area contributed by atoms with Gasteiger partial charge in [0.15, 0.2) is 0 Å². The first-order valence-electron chi connectivity index (χ1n) is 6.76. The number of ketones is 2. The average Bonchev–Trinajstić information content (AvgIpc) is 2.33. The van der Waals surface area contributed by atoms with Gasteiger partial charge in [-0.2, -0.15) is 0 Å². The molecule has 0 N–H and O–H groups in total. The Morgan fingerprint density at radius 2 is 1.00 bits per heavy atom. The summed E-state index contributed by atoms with van der Waals surface area (Å²) < 4.78 is 0. The molecule has 0 heterocycles. The molecule has 0 aliphatic rings. The number of Topliss-reactive ketones (excluding diaryl/α,β-unsaturated/α-hetero) is 2. The van der Waals surface area contributed by atoms with Gasteiger partial charge in [-0.25, -0.2) is 0 Å². The smallest absolute Gasteiger partial charge is 0.550 e. The molecule has 0 aromatic carbocycles.